The molecule has 2 aliphatic rings. The lowest BCUT2D eigenvalue weighted by Gasteiger charge is -2.32. The number of aromatic nitrogens is 3. The van der Waals surface area contributed by atoms with E-state index in [2.05, 4.69) is 21.0 Å². The van der Waals surface area contributed by atoms with E-state index in [9.17, 15) is 4.79 Å². The minimum atomic E-state index is -0.384. The molecule has 1 fully saturated rings. The van der Waals surface area contributed by atoms with Gasteiger partial charge in [-0.05, 0) is 39.6 Å². The zero-order valence-corrected chi connectivity index (χ0v) is 13.4. The van der Waals surface area contributed by atoms with Gasteiger partial charge in [-0.15, -0.1) is 0 Å². The van der Waals surface area contributed by atoms with Crippen LogP contribution < -0.4 is 10.6 Å². The molecule has 1 saturated heterocycles. The molecule has 22 heavy (non-hydrogen) atoms. The van der Waals surface area contributed by atoms with Crippen LogP contribution in [0.3, 0.4) is 0 Å². The zero-order valence-electron chi connectivity index (χ0n) is 13.4. The minimum absolute atomic E-state index is 0.295. The number of hydrogen-bond donors (Lipinski definition) is 1. The van der Waals surface area contributed by atoms with Gasteiger partial charge < -0.3 is 14.2 Å². The predicted molar refractivity (Wildman–Crippen MR) is 83.6 cm³/mol. The van der Waals surface area contributed by atoms with Crippen molar-refractivity contribution >= 4 is 13.1 Å². The van der Waals surface area contributed by atoms with E-state index in [1.165, 1.54) is 6.33 Å². The summed E-state index contributed by atoms with van der Waals surface area (Å²) in [5, 5.41) is 0. The largest absolute Gasteiger partial charge is 0.490 e. The Bertz CT molecular complexity index is 639. The van der Waals surface area contributed by atoms with Crippen molar-refractivity contribution in [2.45, 2.75) is 45.3 Å². The Kier molecular flexibility index (Phi) is 3.61. The van der Waals surface area contributed by atoms with Gasteiger partial charge in [-0.25, -0.2) is 9.78 Å². The molecule has 3 heterocycles. The third-order valence-corrected chi connectivity index (χ3v) is 4.67. The van der Waals surface area contributed by atoms with Crippen molar-refractivity contribution < 1.29 is 9.31 Å². The highest BCUT2D eigenvalue weighted by atomic mass is 16.7. The molecule has 0 saturated carbocycles. The summed E-state index contributed by atoms with van der Waals surface area (Å²) in [4.78, 5) is 23.5. The Morgan fingerprint density at radius 3 is 2.45 bits per heavy atom. The summed E-state index contributed by atoms with van der Waals surface area (Å²) in [7, 11) is -0.295. The number of H-pyrrole nitrogens is 1. The lowest BCUT2D eigenvalue weighted by atomic mass is 9.75. The molecule has 0 bridgehead atoms. The Hall–Kier alpha value is -1.67. The van der Waals surface area contributed by atoms with Crippen LogP contribution in [0.5, 0.6) is 0 Å². The van der Waals surface area contributed by atoms with Gasteiger partial charge >= 0.3 is 12.8 Å². The first kappa shape index (κ1) is 15.2. The molecule has 1 N–H and O–H groups in total. The monoisotopic (exact) mass is 304 g/mol. The van der Waals surface area contributed by atoms with E-state index in [1.807, 2.05) is 32.6 Å². The van der Waals surface area contributed by atoms with E-state index in [1.54, 1.807) is 0 Å². The standard InChI is InChI=1S/C14H21BN4O3/c1-13(2)14(3,4)22-15(21-13)10-5-7-19(8-6-10)11-16-9-17-12(20)18-11/h5,9H,6-8H2,1-4H3,(H,16,17,18,20). The van der Waals surface area contributed by atoms with E-state index in [-0.39, 0.29) is 24.0 Å². The molecule has 0 aliphatic carbocycles. The Morgan fingerprint density at radius 2 is 1.91 bits per heavy atom. The summed E-state index contributed by atoms with van der Waals surface area (Å²) in [6.45, 7) is 9.61. The fraction of sp³-hybridized carbons (Fsp3) is 0.643. The van der Waals surface area contributed by atoms with Gasteiger partial charge in [-0.3, -0.25) is 4.98 Å². The molecule has 7 nitrogen and oxygen atoms in total. The van der Waals surface area contributed by atoms with Crippen LogP contribution in [0.4, 0.5) is 5.95 Å². The van der Waals surface area contributed by atoms with Crippen molar-refractivity contribution in [2.24, 2.45) is 0 Å². The van der Waals surface area contributed by atoms with Gasteiger partial charge in [0.1, 0.15) is 6.33 Å². The van der Waals surface area contributed by atoms with Gasteiger partial charge in [0, 0.05) is 13.1 Å². The van der Waals surface area contributed by atoms with Crippen LogP contribution in [0.15, 0.2) is 22.7 Å². The fourth-order valence-electron chi connectivity index (χ4n) is 2.54. The van der Waals surface area contributed by atoms with Crippen molar-refractivity contribution in [3.8, 4) is 0 Å². The Balaban J connectivity index is 1.71. The molecule has 8 heteroatoms. The lowest BCUT2D eigenvalue weighted by Crippen LogP contribution is -2.41. The van der Waals surface area contributed by atoms with E-state index >= 15 is 0 Å². The molecule has 118 valence electrons. The van der Waals surface area contributed by atoms with Gasteiger partial charge in [-0.1, -0.05) is 6.08 Å². The Labute approximate surface area is 129 Å². The second-order valence-corrected chi connectivity index (χ2v) is 6.69. The molecule has 0 spiro atoms. The highest BCUT2D eigenvalue weighted by Crippen LogP contribution is 2.39. The van der Waals surface area contributed by atoms with Crippen LogP contribution in [0.2, 0.25) is 0 Å². The second kappa shape index (κ2) is 5.21. The van der Waals surface area contributed by atoms with Gasteiger partial charge in [-0.2, -0.15) is 4.98 Å². The Morgan fingerprint density at radius 1 is 1.23 bits per heavy atom. The molecule has 2 aliphatic heterocycles. The highest BCUT2D eigenvalue weighted by molar-refractivity contribution is 6.54. The topological polar surface area (TPSA) is 80.3 Å². The molecule has 1 aromatic heterocycles. The first-order valence-electron chi connectivity index (χ1n) is 7.49. The summed E-state index contributed by atoms with van der Waals surface area (Å²) < 4.78 is 12.1. The predicted octanol–water partition coefficient (Wildman–Crippen LogP) is 0.933. The number of nitrogens with zero attached hydrogens (tertiary/aromatic N) is 3. The average molecular weight is 304 g/mol. The summed E-state index contributed by atoms with van der Waals surface area (Å²) in [5.41, 5.74) is 0.109. The number of nitrogens with one attached hydrogen (secondary N) is 1. The summed E-state index contributed by atoms with van der Waals surface area (Å²) in [6, 6.07) is 0. The number of rotatable bonds is 2. The molecule has 3 rings (SSSR count). The summed E-state index contributed by atoms with van der Waals surface area (Å²) in [6.07, 6.45) is 4.18. The van der Waals surface area contributed by atoms with Crippen molar-refractivity contribution in [1.29, 1.82) is 0 Å². The summed E-state index contributed by atoms with van der Waals surface area (Å²) >= 11 is 0. The molecule has 0 radical (unpaired) electrons. The van der Waals surface area contributed by atoms with Crippen molar-refractivity contribution in [3.63, 3.8) is 0 Å². The second-order valence-electron chi connectivity index (χ2n) is 6.69. The van der Waals surface area contributed by atoms with E-state index in [0.29, 0.717) is 12.5 Å². The third-order valence-electron chi connectivity index (χ3n) is 4.67. The van der Waals surface area contributed by atoms with E-state index < -0.39 is 0 Å². The molecule has 0 unspecified atom stereocenters. The molecule has 0 aromatic carbocycles. The van der Waals surface area contributed by atoms with E-state index in [4.69, 9.17) is 9.31 Å². The molecule has 1 aromatic rings. The first-order chi connectivity index (χ1) is 10.3. The third kappa shape index (κ3) is 2.68. The first-order valence-corrected chi connectivity index (χ1v) is 7.49. The van der Waals surface area contributed by atoms with E-state index in [0.717, 1.165) is 18.4 Å². The minimum Gasteiger partial charge on any atom is -0.400 e. The SMILES string of the molecule is CC1(C)OB(C2=CCN(c3ncnc(=O)[nH]3)CC2)OC1(C)C. The fourth-order valence-corrected chi connectivity index (χ4v) is 2.54. The highest BCUT2D eigenvalue weighted by Gasteiger charge is 2.52. The summed E-state index contributed by atoms with van der Waals surface area (Å²) in [5.74, 6) is 0.546. The van der Waals surface area contributed by atoms with Crippen LogP contribution in [-0.4, -0.2) is 46.4 Å². The zero-order chi connectivity index (χ0) is 16.0. The van der Waals surface area contributed by atoms with Crippen LogP contribution >= 0.6 is 0 Å². The van der Waals surface area contributed by atoms with Gasteiger partial charge in [0.15, 0.2) is 0 Å². The quantitative estimate of drug-likeness (QED) is 0.819. The van der Waals surface area contributed by atoms with Crippen LogP contribution in [-0.2, 0) is 9.31 Å². The van der Waals surface area contributed by atoms with Gasteiger partial charge in [0.05, 0.1) is 11.2 Å². The average Bonchev–Trinajstić information content (AvgIpc) is 2.68. The van der Waals surface area contributed by atoms with Gasteiger partial charge in [0.25, 0.3) is 0 Å². The number of aromatic amines is 1. The van der Waals surface area contributed by atoms with Crippen molar-refractivity contribution in [2.75, 3.05) is 18.0 Å². The molecule has 0 atom stereocenters. The maximum absolute atomic E-state index is 11.3. The maximum atomic E-state index is 11.3. The van der Waals surface area contributed by atoms with Crippen LogP contribution in [0.1, 0.15) is 34.1 Å². The van der Waals surface area contributed by atoms with Crippen molar-refractivity contribution in [1.82, 2.24) is 15.0 Å². The molecular weight excluding hydrogens is 283 g/mol. The van der Waals surface area contributed by atoms with Crippen molar-refractivity contribution in [3.05, 3.63) is 28.4 Å². The van der Waals surface area contributed by atoms with Crippen LogP contribution in [0.25, 0.3) is 0 Å². The number of hydrogen-bond acceptors (Lipinski definition) is 6. The lowest BCUT2D eigenvalue weighted by molar-refractivity contribution is 0.00578. The van der Waals surface area contributed by atoms with Crippen LogP contribution in [0, 0.1) is 0 Å². The molecule has 0 amide bonds. The normalized spacial score (nSPS) is 23.5. The number of anilines is 1. The van der Waals surface area contributed by atoms with Gasteiger partial charge in [0.2, 0.25) is 5.95 Å². The smallest absolute Gasteiger partial charge is 0.400 e. The molecular formula is C14H21BN4O3. The maximum Gasteiger partial charge on any atom is 0.490 e.